The van der Waals surface area contributed by atoms with Gasteiger partial charge in [0.05, 0.1) is 0 Å². The molecule has 1 unspecified atom stereocenters. The highest BCUT2D eigenvalue weighted by molar-refractivity contribution is 5.16. The minimum atomic E-state index is -0.168. The third-order valence-corrected chi connectivity index (χ3v) is 3.61. The van der Waals surface area contributed by atoms with Crippen LogP contribution in [0.4, 0.5) is 4.39 Å². The summed E-state index contributed by atoms with van der Waals surface area (Å²) < 4.78 is 13.1. The number of likely N-dealkylation sites (N-methyl/N-ethyl adjacent to an activating group) is 1. The second-order valence-electron chi connectivity index (χ2n) is 5.28. The number of hydrogen-bond donors (Lipinski definition) is 1. The summed E-state index contributed by atoms with van der Waals surface area (Å²) in [5, 5.41) is 0. The van der Waals surface area contributed by atoms with E-state index in [1.165, 1.54) is 31.7 Å². The van der Waals surface area contributed by atoms with Gasteiger partial charge in [0.1, 0.15) is 5.82 Å². The number of rotatable bonds is 9. The highest BCUT2D eigenvalue weighted by Crippen LogP contribution is 2.13. The summed E-state index contributed by atoms with van der Waals surface area (Å²) >= 11 is 0. The van der Waals surface area contributed by atoms with E-state index >= 15 is 0 Å². The monoisotopic (exact) mass is 266 g/mol. The summed E-state index contributed by atoms with van der Waals surface area (Å²) in [5.74, 6) is -0.168. The molecule has 0 amide bonds. The topological polar surface area (TPSA) is 29.3 Å². The zero-order valence-corrected chi connectivity index (χ0v) is 12.2. The van der Waals surface area contributed by atoms with Gasteiger partial charge in [-0.15, -0.1) is 0 Å². The van der Waals surface area contributed by atoms with Crippen LogP contribution >= 0.6 is 0 Å². The molecule has 0 spiro atoms. The molecule has 0 aliphatic heterocycles. The molecule has 0 bridgehead atoms. The smallest absolute Gasteiger partial charge is 0.123 e. The Morgan fingerprint density at radius 2 is 2.05 bits per heavy atom. The summed E-state index contributed by atoms with van der Waals surface area (Å²) in [7, 11) is 2.07. The fraction of sp³-hybridized carbons (Fsp3) is 0.625. The van der Waals surface area contributed by atoms with E-state index in [2.05, 4.69) is 18.9 Å². The number of benzene rings is 1. The van der Waals surface area contributed by atoms with Crippen LogP contribution in [-0.2, 0) is 6.54 Å². The van der Waals surface area contributed by atoms with Crippen molar-refractivity contribution in [2.24, 2.45) is 5.73 Å². The number of nitrogens with two attached hydrogens (primary N) is 1. The summed E-state index contributed by atoms with van der Waals surface area (Å²) in [5.41, 5.74) is 6.87. The first-order valence-corrected chi connectivity index (χ1v) is 7.32. The van der Waals surface area contributed by atoms with Crippen molar-refractivity contribution in [3.63, 3.8) is 0 Å². The third kappa shape index (κ3) is 6.17. The SMILES string of the molecule is CCCCCCC(CN)N(C)Cc1cccc(F)c1. The van der Waals surface area contributed by atoms with Crippen LogP contribution in [0.2, 0.25) is 0 Å². The average molecular weight is 266 g/mol. The molecular formula is C16H27FN2. The Labute approximate surface area is 116 Å². The molecule has 3 heteroatoms. The summed E-state index contributed by atoms with van der Waals surface area (Å²) in [4.78, 5) is 2.24. The lowest BCUT2D eigenvalue weighted by Gasteiger charge is -2.27. The predicted molar refractivity (Wildman–Crippen MR) is 79.5 cm³/mol. The van der Waals surface area contributed by atoms with E-state index in [0.29, 0.717) is 12.6 Å². The molecule has 19 heavy (non-hydrogen) atoms. The van der Waals surface area contributed by atoms with Crippen molar-refractivity contribution in [2.75, 3.05) is 13.6 Å². The fourth-order valence-electron chi connectivity index (χ4n) is 2.38. The molecule has 0 aliphatic carbocycles. The van der Waals surface area contributed by atoms with Gasteiger partial charge in [-0.1, -0.05) is 44.7 Å². The Kier molecular flexibility index (Phi) is 7.68. The lowest BCUT2D eigenvalue weighted by molar-refractivity contribution is 0.222. The molecule has 1 aromatic carbocycles. The maximum atomic E-state index is 13.1. The first-order chi connectivity index (χ1) is 9.17. The zero-order chi connectivity index (χ0) is 14.1. The summed E-state index contributed by atoms with van der Waals surface area (Å²) in [6.07, 6.45) is 6.18. The maximum Gasteiger partial charge on any atom is 0.123 e. The molecule has 108 valence electrons. The largest absolute Gasteiger partial charge is 0.329 e. The quantitative estimate of drug-likeness (QED) is 0.693. The molecule has 2 N–H and O–H groups in total. The van der Waals surface area contributed by atoms with Gasteiger partial charge in [0.25, 0.3) is 0 Å². The van der Waals surface area contributed by atoms with Gasteiger partial charge in [-0.05, 0) is 31.2 Å². The van der Waals surface area contributed by atoms with Crippen molar-refractivity contribution >= 4 is 0 Å². The number of halogens is 1. The lowest BCUT2D eigenvalue weighted by atomic mass is 10.1. The van der Waals surface area contributed by atoms with E-state index < -0.39 is 0 Å². The van der Waals surface area contributed by atoms with Crippen LogP contribution in [0.15, 0.2) is 24.3 Å². The third-order valence-electron chi connectivity index (χ3n) is 3.61. The minimum Gasteiger partial charge on any atom is -0.329 e. The number of nitrogens with zero attached hydrogens (tertiary/aromatic N) is 1. The molecule has 0 aliphatic rings. The number of unbranched alkanes of at least 4 members (excludes halogenated alkanes) is 3. The summed E-state index contributed by atoms with van der Waals surface area (Å²) in [6, 6.07) is 7.19. The van der Waals surface area contributed by atoms with E-state index in [4.69, 9.17) is 5.73 Å². The molecule has 1 aromatic rings. The van der Waals surface area contributed by atoms with Crippen molar-refractivity contribution in [2.45, 2.75) is 51.6 Å². The highest BCUT2D eigenvalue weighted by Gasteiger charge is 2.13. The van der Waals surface area contributed by atoms with Gasteiger partial charge < -0.3 is 5.73 Å². The molecule has 2 nitrogen and oxygen atoms in total. The van der Waals surface area contributed by atoms with Crippen LogP contribution in [0.1, 0.15) is 44.6 Å². The predicted octanol–water partition coefficient (Wildman–Crippen LogP) is 3.56. The van der Waals surface area contributed by atoms with Crippen LogP contribution in [0.3, 0.4) is 0 Å². The van der Waals surface area contributed by atoms with E-state index in [1.807, 2.05) is 6.07 Å². The van der Waals surface area contributed by atoms with Crippen molar-refractivity contribution in [1.29, 1.82) is 0 Å². The Balaban J connectivity index is 2.42. The highest BCUT2D eigenvalue weighted by atomic mass is 19.1. The van der Waals surface area contributed by atoms with Gasteiger partial charge >= 0.3 is 0 Å². The first-order valence-electron chi connectivity index (χ1n) is 7.32. The molecule has 0 heterocycles. The minimum absolute atomic E-state index is 0.168. The van der Waals surface area contributed by atoms with E-state index in [1.54, 1.807) is 12.1 Å². The molecule has 1 atom stereocenters. The molecule has 0 fully saturated rings. The second-order valence-corrected chi connectivity index (χ2v) is 5.28. The van der Waals surface area contributed by atoms with Gasteiger partial charge in [-0.3, -0.25) is 4.90 Å². The van der Waals surface area contributed by atoms with Crippen molar-refractivity contribution < 1.29 is 4.39 Å². The van der Waals surface area contributed by atoms with Crippen LogP contribution in [0, 0.1) is 5.82 Å². The molecule has 0 saturated heterocycles. The van der Waals surface area contributed by atoms with E-state index in [-0.39, 0.29) is 5.82 Å². The van der Waals surface area contributed by atoms with Crippen molar-refractivity contribution in [3.8, 4) is 0 Å². The molecule has 0 aromatic heterocycles. The maximum absolute atomic E-state index is 13.1. The van der Waals surface area contributed by atoms with Gasteiger partial charge in [-0.2, -0.15) is 0 Å². The van der Waals surface area contributed by atoms with Crippen LogP contribution < -0.4 is 5.73 Å². The fourth-order valence-corrected chi connectivity index (χ4v) is 2.38. The normalized spacial score (nSPS) is 12.9. The molecular weight excluding hydrogens is 239 g/mol. The van der Waals surface area contributed by atoms with Crippen LogP contribution in [0.5, 0.6) is 0 Å². The van der Waals surface area contributed by atoms with Crippen molar-refractivity contribution in [1.82, 2.24) is 4.90 Å². The van der Waals surface area contributed by atoms with Gasteiger partial charge in [0, 0.05) is 19.1 Å². The average Bonchev–Trinajstić information content (AvgIpc) is 2.38. The van der Waals surface area contributed by atoms with Crippen molar-refractivity contribution in [3.05, 3.63) is 35.6 Å². The van der Waals surface area contributed by atoms with Crippen LogP contribution in [-0.4, -0.2) is 24.5 Å². The number of hydrogen-bond acceptors (Lipinski definition) is 2. The Morgan fingerprint density at radius 1 is 1.26 bits per heavy atom. The Bertz CT molecular complexity index is 354. The molecule has 0 radical (unpaired) electrons. The van der Waals surface area contributed by atoms with Gasteiger partial charge in [0.2, 0.25) is 0 Å². The lowest BCUT2D eigenvalue weighted by Crippen LogP contribution is -2.37. The van der Waals surface area contributed by atoms with Gasteiger partial charge in [-0.25, -0.2) is 4.39 Å². The van der Waals surface area contributed by atoms with Crippen LogP contribution in [0.25, 0.3) is 0 Å². The van der Waals surface area contributed by atoms with E-state index in [9.17, 15) is 4.39 Å². The molecule has 0 saturated carbocycles. The molecule has 1 rings (SSSR count). The Hall–Kier alpha value is -0.930. The summed E-state index contributed by atoms with van der Waals surface area (Å²) in [6.45, 7) is 3.64. The van der Waals surface area contributed by atoms with E-state index in [0.717, 1.165) is 18.5 Å². The first kappa shape index (κ1) is 16.1. The zero-order valence-electron chi connectivity index (χ0n) is 12.2. The standard InChI is InChI=1S/C16H27FN2/c1-3-4-5-6-10-16(12-18)19(2)13-14-8-7-9-15(17)11-14/h7-9,11,16H,3-6,10,12-13,18H2,1-2H3. The second kappa shape index (κ2) is 9.05. The van der Waals surface area contributed by atoms with Gasteiger partial charge in [0.15, 0.2) is 0 Å². The Morgan fingerprint density at radius 3 is 2.68 bits per heavy atom.